The molecule has 2 saturated heterocycles. The zero-order valence-corrected chi connectivity index (χ0v) is 10.2. The minimum atomic E-state index is -0.257. The van der Waals surface area contributed by atoms with Crippen molar-refractivity contribution < 1.29 is 9.18 Å². The lowest BCUT2D eigenvalue weighted by molar-refractivity contribution is -0.129. The number of fused-ring (bicyclic) bond motifs is 1. The summed E-state index contributed by atoms with van der Waals surface area (Å²) in [4.78, 5) is 14.1. The molecule has 0 aromatic heterocycles. The van der Waals surface area contributed by atoms with Gasteiger partial charge in [0.05, 0.1) is 6.42 Å². The zero-order valence-electron chi connectivity index (χ0n) is 10.2. The molecule has 0 bridgehead atoms. The van der Waals surface area contributed by atoms with Crippen LogP contribution in [0.4, 0.5) is 4.39 Å². The molecule has 1 aromatic rings. The van der Waals surface area contributed by atoms with Gasteiger partial charge in [0.2, 0.25) is 5.91 Å². The van der Waals surface area contributed by atoms with Crippen molar-refractivity contribution in [2.24, 2.45) is 11.8 Å². The second kappa shape index (κ2) is 4.69. The molecule has 2 aliphatic heterocycles. The number of halogens is 1. The lowest BCUT2D eigenvalue weighted by Gasteiger charge is -2.17. The Morgan fingerprint density at radius 3 is 2.44 bits per heavy atom. The Morgan fingerprint density at radius 1 is 1.22 bits per heavy atom. The van der Waals surface area contributed by atoms with E-state index in [0.29, 0.717) is 18.3 Å². The van der Waals surface area contributed by atoms with Gasteiger partial charge in [-0.1, -0.05) is 12.1 Å². The van der Waals surface area contributed by atoms with E-state index in [4.69, 9.17) is 0 Å². The summed E-state index contributed by atoms with van der Waals surface area (Å²) in [5.74, 6) is 1.16. The second-order valence-corrected chi connectivity index (χ2v) is 5.28. The predicted octanol–water partition coefficient (Wildman–Crippen LogP) is 1.05. The number of likely N-dealkylation sites (tertiary alicyclic amines) is 1. The molecule has 3 nitrogen and oxygen atoms in total. The molecule has 2 unspecified atom stereocenters. The van der Waals surface area contributed by atoms with E-state index >= 15 is 0 Å². The number of amides is 1. The lowest BCUT2D eigenvalue weighted by atomic mass is 10.0. The van der Waals surface area contributed by atoms with E-state index in [1.165, 1.54) is 12.1 Å². The van der Waals surface area contributed by atoms with E-state index in [9.17, 15) is 9.18 Å². The SMILES string of the molecule is O=C(Cc1ccc(F)cc1)N1CC2CNCC2C1. The molecular formula is C14H17FN2O. The summed E-state index contributed by atoms with van der Waals surface area (Å²) in [6, 6.07) is 6.19. The van der Waals surface area contributed by atoms with Crippen LogP contribution in [0.1, 0.15) is 5.56 Å². The van der Waals surface area contributed by atoms with E-state index < -0.39 is 0 Å². The first kappa shape index (κ1) is 11.7. The minimum Gasteiger partial charge on any atom is -0.342 e. The van der Waals surface area contributed by atoms with Gasteiger partial charge in [-0.05, 0) is 29.5 Å². The van der Waals surface area contributed by atoms with E-state index in [0.717, 1.165) is 31.7 Å². The van der Waals surface area contributed by atoms with Crippen LogP contribution in [0.25, 0.3) is 0 Å². The number of rotatable bonds is 2. The van der Waals surface area contributed by atoms with Crippen LogP contribution in [0.3, 0.4) is 0 Å². The number of hydrogen-bond acceptors (Lipinski definition) is 2. The van der Waals surface area contributed by atoms with Gasteiger partial charge in [-0.15, -0.1) is 0 Å². The molecule has 0 saturated carbocycles. The quantitative estimate of drug-likeness (QED) is 0.848. The van der Waals surface area contributed by atoms with Gasteiger partial charge in [0.15, 0.2) is 0 Å². The highest BCUT2D eigenvalue weighted by molar-refractivity contribution is 5.79. The molecule has 18 heavy (non-hydrogen) atoms. The molecule has 1 N–H and O–H groups in total. The zero-order chi connectivity index (χ0) is 12.5. The van der Waals surface area contributed by atoms with Crippen molar-refractivity contribution in [3.63, 3.8) is 0 Å². The van der Waals surface area contributed by atoms with Gasteiger partial charge >= 0.3 is 0 Å². The lowest BCUT2D eigenvalue weighted by Crippen LogP contribution is -2.32. The Balaban J connectivity index is 1.60. The Morgan fingerprint density at radius 2 is 1.83 bits per heavy atom. The van der Waals surface area contributed by atoms with Crippen LogP contribution in [0, 0.1) is 17.7 Å². The van der Waals surface area contributed by atoms with Crippen molar-refractivity contribution in [3.8, 4) is 0 Å². The Bertz CT molecular complexity index is 434. The van der Waals surface area contributed by atoms with E-state index in [-0.39, 0.29) is 11.7 Å². The highest BCUT2D eigenvalue weighted by Crippen LogP contribution is 2.26. The number of benzene rings is 1. The maximum atomic E-state index is 12.8. The molecule has 1 amide bonds. The summed E-state index contributed by atoms with van der Waals surface area (Å²) < 4.78 is 12.8. The van der Waals surface area contributed by atoms with Gasteiger partial charge in [0.1, 0.15) is 5.82 Å². The largest absolute Gasteiger partial charge is 0.342 e. The Labute approximate surface area is 106 Å². The Kier molecular flexibility index (Phi) is 3.04. The van der Waals surface area contributed by atoms with Crippen LogP contribution in [0.5, 0.6) is 0 Å². The third-order valence-electron chi connectivity index (χ3n) is 4.01. The number of nitrogens with zero attached hydrogens (tertiary/aromatic N) is 1. The smallest absolute Gasteiger partial charge is 0.227 e. The molecule has 0 spiro atoms. The van der Waals surface area contributed by atoms with Crippen LogP contribution < -0.4 is 5.32 Å². The fraction of sp³-hybridized carbons (Fsp3) is 0.500. The molecule has 2 heterocycles. The van der Waals surface area contributed by atoms with E-state index in [1.807, 2.05) is 4.90 Å². The van der Waals surface area contributed by atoms with Crippen LogP contribution in [0.2, 0.25) is 0 Å². The molecule has 2 fully saturated rings. The van der Waals surface area contributed by atoms with Crippen LogP contribution >= 0.6 is 0 Å². The number of carbonyl (C=O) groups is 1. The van der Waals surface area contributed by atoms with Crippen LogP contribution in [-0.2, 0) is 11.2 Å². The van der Waals surface area contributed by atoms with Crippen molar-refractivity contribution in [2.45, 2.75) is 6.42 Å². The minimum absolute atomic E-state index is 0.163. The predicted molar refractivity (Wildman–Crippen MR) is 66.5 cm³/mol. The molecule has 2 atom stereocenters. The van der Waals surface area contributed by atoms with Crippen molar-refractivity contribution in [2.75, 3.05) is 26.2 Å². The maximum absolute atomic E-state index is 12.8. The molecule has 4 heteroatoms. The average Bonchev–Trinajstić information content (AvgIpc) is 2.92. The molecular weight excluding hydrogens is 231 g/mol. The van der Waals surface area contributed by atoms with Gasteiger partial charge in [0.25, 0.3) is 0 Å². The summed E-state index contributed by atoms with van der Waals surface area (Å²) in [7, 11) is 0. The normalized spacial score (nSPS) is 26.4. The number of carbonyl (C=O) groups excluding carboxylic acids is 1. The van der Waals surface area contributed by atoms with Crippen molar-refractivity contribution in [3.05, 3.63) is 35.6 Å². The van der Waals surface area contributed by atoms with Gasteiger partial charge in [-0.25, -0.2) is 4.39 Å². The van der Waals surface area contributed by atoms with Gasteiger partial charge < -0.3 is 10.2 Å². The van der Waals surface area contributed by atoms with Gasteiger partial charge in [-0.2, -0.15) is 0 Å². The fourth-order valence-electron chi connectivity index (χ4n) is 2.95. The van der Waals surface area contributed by atoms with Gasteiger partial charge in [-0.3, -0.25) is 4.79 Å². The average molecular weight is 248 g/mol. The molecule has 0 radical (unpaired) electrons. The molecule has 0 aliphatic carbocycles. The molecule has 96 valence electrons. The first-order chi connectivity index (χ1) is 8.72. The van der Waals surface area contributed by atoms with Crippen molar-refractivity contribution in [1.29, 1.82) is 0 Å². The fourth-order valence-corrected chi connectivity index (χ4v) is 2.95. The van der Waals surface area contributed by atoms with Crippen molar-refractivity contribution >= 4 is 5.91 Å². The summed E-state index contributed by atoms with van der Waals surface area (Å²) in [6.45, 7) is 3.81. The standard InChI is InChI=1S/C14H17FN2O/c15-13-3-1-10(2-4-13)5-14(18)17-8-11-6-16-7-12(11)9-17/h1-4,11-12,16H,5-9H2. The number of hydrogen-bond donors (Lipinski definition) is 1. The highest BCUT2D eigenvalue weighted by atomic mass is 19.1. The first-order valence-electron chi connectivity index (χ1n) is 6.45. The molecule has 2 aliphatic rings. The summed E-state index contributed by atoms with van der Waals surface area (Å²) in [5, 5.41) is 3.36. The van der Waals surface area contributed by atoms with Crippen LogP contribution in [-0.4, -0.2) is 37.0 Å². The maximum Gasteiger partial charge on any atom is 0.227 e. The Hall–Kier alpha value is -1.42. The van der Waals surface area contributed by atoms with E-state index in [1.54, 1.807) is 12.1 Å². The van der Waals surface area contributed by atoms with E-state index in [2.05, 4.69) is 5.32 Å². The topological polar surface area (TPSA) is 32.3 Å². The highest BCUT2D eigenvalue weighted by Gasteiger charge is 2.37. The summed E-state index contributed by atoms with van der Waals surface area (Å²) >= 11 is 0. The molecule has 3 rings (SSSR count). The monoisotopic (exact) mass is 248 g/mol. The van der Waals surface area contributed by atoms with Gasteiger partial charge in [0, 0.05) is 26.2 Å². The molecule has 1 aromatic carbocycles. The van der Waals surface area contributed by atoms with Crippen LogP contribution in [0.15, 0.2) is 24.3 Å². The van der Waals surface area contributed by atoms with Crippen molar-refractivity contribution in [1.82, 2.24) is 10.2 Å². The third kappa shape index (κ3) is 2.25. The number of nitrogens with one attached hydrogen (secondary N) is 1. The summed E-state index contributed by atoms with van der Waals surface area (Å²) in [6.07, 6.45) is 0.382. The third-order valence-corrected chi connectivity index (χ3v) is 4.01. The first-order valence-corrected chi connectivity index (χ1v) is 6.45. The second-order valence-electron chi connectivity index (χ2n) is 5.28. The summed E-state index contributed by atoms with van der Waals surface area (Å²) in [5.41, 5.74) is 0.886.